The fraction of sp³-hybridized carbons (Fsp3) is 0.458. The van der Waals surface area contributed by atoms with E-state index >= 15 is 0 Å². The lowest BCUT2D eigenvalue weighted by Gasteiger charge is -2.31. The summed E-state index contributed by atoms with van der Waals surface area (Å²) in [7, 11) is -3.54. The van der Waals surface area contributed by atoms with Gasteiger partial charge in [0.15, 0.2) is 9.84 Å². The molecule has 162 valence electrons. The number of nitrogens with one attached hydrogen (secondary N) is 1. The van der Waals surface area contributed by atoms with Gasteiger partial charge < -0.3 is 5.32 Å². The number of likely N-dealkylation sites (tertiary alicyclic amines) is 1. The summed E-state index contributed by atoms with van der Waals surface area (Å²) in [5.74, 6) is 0.348. The monoisotopic (exact) mass is 428 g/mol. The molecular formula is C24H32N2O3S. The van der Waals surface area contributed by atoms with Crippen LogP contribution >= 0.6 is 0 Å². The van der Waals surface area contributed by atoms with E-state index in [2.05, 4.69) is 23.2 Å². The molecule has 6 heteroatoms. The molecule has 0 saturated carbocycles. The largest absolute Gasteiger partial charge is 0.348 e. The third-order valence-corrected chi connectivity index (χ3v) is 7.96. The summed E-state index contributed by atoms with van der Waals surface area (Å²) in [4.78, 5) is 15.4. The Morgan fingerprint density at radius 2 is 1.77 bits per heavy atom. The zero-order valence-electron chi connectivity index (χ0n) is 18.1. The molecule has 1 N–H and O–H groups in total. The van der Waals surface area contributed by atoms with Crippen molar-refractivity contribution in [2.45, 2.75) is 56.8 Å². The van der Waals surface area contributed by atoms with Crippen molar-refractivity contribution >= 4 is 15.7 Å². The Morgan fingerprint density at radius 3 is 2.47 bits per heavy atom. The van der Waals surface area contributed by atoms with E-state index in [0.29, 0.717) is 12.5 Å². The summed E-state index contributed by atoms with van der Waals surface area (Å²) < 4.78 is 25.3. The van der Waals surface area contributed by atoms with Crippen LogP contribution in [0.2, 0.25) is 0 Å². The second-order valence-corrected chi connectivity index (χ2v) is 11.0. The van der Waals surface area contributed by atoms with E-state index in [9.17, 15) is 13.2 Å². The molecule has 1 aliphatic rings. The molecule has 0 aromatic heterocycles. The molecule has 1 heterocycles. The Morgan fingerprint density at radius 1 is 1.10 bits per heavy atom. The first kappa shape index (κ1) is 22.5. The number of amides is 1. The van der Waals surface area contributed by atoms with E-state index in [1.54, 1.807) is 32.0 Å². The fourth-order valence-corrected chi connectivity index (χ4v) is 5.23. The Hall–Kier alpha value is -2.18. The minimum absolute atomic E-state index is 0.0908. The third-order valence-electron chi connectivity index (χ3n) is 5.75. The summed E-state index contributed by atoms with van der Waals surface area (Å²) >= 11 is 0. The van der Waals surface area contributed by atoms with E-state index in [0.717, 1.165) is 25.2 Å². The van der Waals surface area contributed by atoms with Crippen molar-refractivity contribution in [2.24, 2.45) is 5.92 Å². The van der Waals surface area contributed by atoms with Crippen LogP contribution in [0.4, 0.5) is 0 Å². The van der Waals surface area contributed by atoms with Gasteiger partial charge in [0.25, 0.3) is 5.91 Å². The van der Waals surface area contributed by atoms with Crippen LogP contribution < -0.4 is 5.32 Å². The Labute approximate surface area is 180 Å². The number of rotatable bonds is 7. The normalized spacial score (nSPS) is 17.8. The lowest BCUT2D eigenvalue weighted by Crippen LogP contribution is -2.34. The van der Waals surface area contributed by atoms with Crippen LogP contribution in [0.15, 0.2) is 53.4 Å². The van der Waals surface area contributed by atoms with Crippen molar-refractivity contribution in [3.05, 3.63) is 65.2 Å². The van der Waals surface area contributed by atoms with Gasteiger partial charge in [-0.25, -0.2) is 8.42 Å². The zero-order valence-corrected chi connectivity index (χ0v) is 18.9. The molecule has 1 amide bonds. The van der Waals surface area contributed by atoms with Gasteiger partial charge in [-0.2, -0.15) is 0 Å². The first-order valence-electron chi connectivity index (χ1n) is 10.7. The molecule has 1 saturated heterocycles. The molecular weight excluding hydrogens is 396 g/mol. The average molecular weight is 429 g/mol. The highest BCUT2D eigenvalue weighted by atomic mass is 32.2. The van der Waals surface area contributed by atoms with Gasteiger partial charge in [-0.15, -0.1) is 0 Å². The number of piperidine rings is 1. The molecule has 0 spiro atoms. The number of carbonyl (C=O) groups is 1. The van der Waals surface area contributed by atoms with Crippen LogP contribution in [0.1, 0.15) is 55.1 Å². The number of benzene rings is 2. The van der Waals surface area contributed by atoms with Gasteiger partial charge in [-0.1, -0.05) is 43.3 Å². The smallest absolute Gasteiger partial charge is 0.252 e. The molecule has 3 rings (SSSR count). The lowest BCUT2D eigenvalue weighted by molar-refractivity contribution is 0.0947. The summed E-state index contributed by atoms with van der Waals surface area (Å²) in [5.41, 5.74) is 2.47. The average Bonchev–Trinajstić information content (AvgIpc) is 2.73. The number of nitrogens with zero attached hydrogens (tertiary/aromatic N) is 1. The summed E-state index contributed by atoms with van der Waals surface area (Å²) in [5, 5.41) is 2.35. The highest BCUT2D eigenvalue weighted by Gasteiger charge is 2.25. The van der Waals surface area contributed by atoms with Crippen molar-refractivity contribution in [3.63, 3.8) is 0 Å². The maximum atomic E-state index is 12.9. The fourth-order valence-electron chi connectivity index (χ4n) is 3.98. The second-order valence-electron chi connectivity index (χ2n) is 8.52. The molecule has 0 radical (unpaired) electrons. The summed E-state index contributed by atoms with van der Waals surface area (Å²) in [6.07, 6.45) is 2.51. The first-order chi connectivity index (χ1) is 14.3. The molecule has 1 aliphatic heterocycles. The molecule has 1 atom stereocenters. The van der Waals surface area contributed by atoms with Crippen LogP contribution in [0.5, 0.6) is 0 Å². The van der Waals surface area contributed by atoms with Crippen molar-refractivity contribution in [3.8, 4) is 0 Å². The molecule has 2 aromatic carbocycles. The van der Waals surface area contributed by atoms with Crippen molar-refractivity contribution < 1.29 is 13.2 Å². The van der Waals surface area contributed by atoms with E-state index in [-0.39, 0.29) is 16.4 Å². The molecule has 1 fully saturated rings. The van der Waals surface area contributed by atoms with Crippen LogP contribution in [0, 0.1) is 5.92 Å². The third kappa shape index (κ3) is 5.29. The van der Waals surface area contributed by atoms with Crippen LogP contribution in [-0.2, 0) is 22.9 Å². The predicted molar refractivity (Wildman–Crippen MR) is 120 cm³/mol. The molecule has 30 heavy (non-hydrogen) atoms. The van der Waals surface area contributed by atoms with Crippen molar-refractivity contribution in [1.82, 2.24) is 10.2 Å². The van der Waals surface area contributed by atoms with E-state index in [4.69, 9.17) is 0 Å². The van der Waals surface area contributed by atoms with Gasteiger partial charge >= 0.3 is 0 Å². The molecule has 5 nitrogen and oxygen atoms in total. The van der Waals surface area contributed by atoms with Crippen molar-refractivity contribution in [2.75, 3.05) is 13.1 Å². The highest BCUT2D eigenvalue weighted by Crippen LogP contribution is 2.22. The van der Waals surface area contributed by atoms with Crippen LogP contribution in [-0.4, -0.2) is 37.6 Å². The maximum absolute atomic E-state index is 12.9. The first-order valence-corrected chi connectivity index (χ1v) is 12.2. The zero-order chi connectivity index (χ0) is 21.7. The predicted octanol–water partition coefficient (Wildman–Crippen LogP) is 4.03. The van der Waals surface area contributed by atoms with E-state index < -0.39 is 15.1 Å². The maximum Gasteiger partial charge on any atom is 0.252 e. The Bertz CT molecular complexity index is 985. The topological polar surface area (TPSA) is 66.5 Å². The highest BCUT2D eigenvalue weighted by molar-refractivity contribution is 7.92. The SMILES string of the molecule is CC1CCCN(Cc2ccccc2CNC(=O)c2ccccc2S(=O)(=O)C(C)C)C1. The van der Waals surface area contributed by atoms with Gasteiger partial charge in [0.1, 0.15) is 0 Å². The van der Waals surface area contributed by atoms with E-state index in [1.165, 1.54) is 24.5 Å². The minimum Gasteiger partial charge on any atom is -0.348 e. The quantitative estimate of drug-likeness (QED) is 0.723. The van der Waals surface area contributed by atoms with E-state index in [1.807, 2.05) is 18.2 Å². The Kier molecular flexibility index (Phi) is 7.32. The van der Waals surface area contributed by atoms with Crippen molar-refractivity contribution in [1.29, 1.82) is 0 Å². The number of hydrogen-bond acceptors (Lipinski definition) is 4. The van der Waals surface area contributed by atoms with Crippen LogP contribution in [0.25, 0.3) is 0 Å². The standard InChI is InChI=1S/C24H32N2O3S/c1-18(2)30(28,29)23-13-7-6-12-22(23)24(27)25-15-20-10-4-5-11-21(20)17-26-14-8-9-19(3)16-26/h4-7,10-13,18-19H,8-9,14-17H2,1-3H3,(H,25,27). The second kappa shape index (κ2) is 9.75. The number of hydrogen-bond donors (Lipinski definition) is 1. The van der Waals surface area contributed by atoms with Crippen LogP contribution in [0.3, 0.4) is 0 Å². The molecule has 0 bridgehead atoms. The number of carbonyl (C=O) groups excluding carboxylic acids is 1. The van der Waals surface area contributed by atoms with Gasteiger partial charge in [-0.3, -0.25) is 9.69 Å². The molecule has 0 aliphatic carbocycles. The minimum atomic E-state index is -3.54. The van der Waals surface area contributed by atoms with Gasteiger partial charge in [-0.05, 0) is 62.4 Å². The van der Waals surface area contributed by atoms with Gasteiger partial charge in [0, 0.05) is 19.6 Å². The lowest BCUT2D eigenvalue weighted by atomic mass is 9.99. The summed E-state index contributed by atoms with van der Waals surface area (Å²) in [6, 6.07) is 14.6. The summed E-state index contributed by atoms with van der Waals surface area (Å²) in [6.45, 7) is 8.99. The molecule has 2 aromatic rings. The van der Waals surface area contributed by atoms with Gasteiger partial charge in [0.05, 0.1) is 15.7 Å². The van der Waals surface area contributed by atoms with Gasteiger partial charge in [0.2, 0.25) is 0 Å². The molecule has 1 unspecified atom stereocenters. The number of sulfone groups is 1. The Balaban J connectivity index is 1.74.